The van der Waals surface area contributed by atoms with Crippen LogP contribution in [0.1, 0.15) is 18.9 Å². The van der Waals surface area contributed by atoms with E-state index in [1.165, 1.54) is 21.4 Å². The largest absolute Gasteiger partial charge is 0.249 e. The zero-order valence-electron chi connectivity index (χ0n) is 8.88. The van der Waals surface area contributed by atoms with E-state index < -0.39 is 0 Å². The van der Waals surface area contributed by atoms with Gasteiger partial charge in [0.1, 0.15) is 0 Å². The van der Waals surface area contributed by atoms with E-state index >= 15 is 0 Å². The summed E-state index contributed by atoms with van der Waals surface area (Å²) in [7, 11) is 2.13. The van der Waals surface area contributed by atoms with Crippen LogP contribution in [0.5, 0.6) is 0 Å². The van der Waals surface area contributed by atoms with Gasteiger partial charge in [-0.2, -0.15) is 0 Å². The third-order valence-electron chi connectivity index (χ3n) is 1.94. The molecule has 1 aromatic carbocycles. The van der Waals surface area contributed by atoms with Gasteiger partial charge in [0, 0.05) is 15.9 Å². The number of halogens is 1. The van der Waals surface area contributed by atoms with Gasteiger partial charge in [-0.1, -0.05) is 28.9 Å². The fourth-order valence-corrected chi connectivity index (χ4v) is 2.63. The zero-order valence-corrected chi connectivity index (χ0v) is 11.3. The standard InChI is InChI=1S/C11H16BrNS/c1-4-7-13(3)14-10-6-5-9(2)11(12)8-10/h5-6,8H,4,7H2,1-3H3. The molecule has 0 unspecified atom stereocenters. The molecule has 0 heterocycles. The first kappa shape index (κ1) is 12.1. The summed E-state index contributed by atoms with van der Waals surface area (Å²) in [6.45, 7) is 5.42. The number of hydrogen-bond acceptors (Lipinski definition) is 2. The fourth-order valence-electron chi connectivity index (χ4n) is 1.17. The number of hydrogen-bond donors (Lipinski definition) is 0. The first-order valence-corrected chi connectivity index (χ1v) is 6.35. The minimum atomic E-state index is 1.12. The second-order valence-electron chi connectivity index (χ2n) is 3.35. The second kappa shape index (κ2) is 5.79. The summed E-state index contributed by atoms with van der Waals surface area (Å²) in [5, 5.41) is 0. The molecule has 0 bridgehead atoms. The van der Waals surface area contributed by atoms with Crippen LogP contribution in [-0.2, 0) is 0 Å². The van der Waals surface area contributed by atoms with Gasteiger partial charge in [-0.3, -0.25) is 0 Å². The van der Waals surface area contributed by atoms with Crippen LogP contribution in [-0.4, -0.2) is 17.9 Å². The maximum atomic E-state index is 3.54. The van der Waals surface area contributed by atoms with Crippen molar-refractivity contribution in [3.8, 4) is 0 Å². The van der Waals surface area contributed by atoms with Crippen molar-refractivity contribution in [2.24, 2.45) is 0 Å². The molecule has 0 aliphatic heterocycles. The van der Waals surface area contributed by atoms with Crippen molar-refractivity contribution in [2.75, 3.05) is 13.6 Å². The van der Waals surface area contributed by atoms with Crippen LogP contribution in [0.25, 0.3) is 0 Å². The Hall–Kier alpha value is 0.01000. The minimum Gasteiger partial charge on any atom is -0.249 e. The van der Waals surface area contributed by atoms with Crippen LogP contribution in [0, 0.1) is 6.92 Å². The molecule has 3 heteroatoms. The van der Waals surface area contributed by atoms with Crippen LogP contribution in [0.4, 0.5) is 0 Å². The summed E-state index contributed by atoms with van der Waals surface area (Å²) in [5.41, 5.74) is 1.28. The molecular weight excluding hydrogens is 258 g/mol. The van der Waals surface area contributed by atoms with Gasteiger partial charge in [-0.05, 0) is 50.0 Å². The number of aryl methyl sites for hydroxylation is 1. The monoisotopic (exact) mass is 273 g/mol. The molecule has 0 aromatic heterocycles. The third kappa shape index (κ3) is 3.64. The predicted octanol–water partition coefficient (Wildman–Crippen LogP) is 4.11. The Balaban J connectivity index is 2.63. The molecule has 0 aliphatic rings. The van der Waals surface area contributed by atoms with Crippen LogP contribution in [0.2, 0.25) is 0 Å². The minimum absolute atomic E-state index is 1.12. The molecule has 0 saturated heterocycles. The molecule has 0 spiro atoms. The lowest BCUT2D eigenvalue weighted by molar-refractivity contribution is 0.559. The van der Waals surface area contributed by atoms with Crippen molar-refractivity contribution in [3.63, 3.8) is 0 Å². The van der Waals surface area contributed by atoms with E-state index in [9.17, 15) is 0 Å². The predicted molar refractivity (Wildman–Crippen MR) is 67.7 cm³/mol. The molecule has 14 heavy (non-hydrogen) atoms. The van der Waals surface area contributed by atoms with Crippen molar-refractivity contribution >= 4 is 27.9 Å². The van der Waals surface area contributed by atoms with E-state index in [0.29, 0.717) is 0 Å². The average molecular weight is 274 g/mol. The fraction of sp³-hybridized carbons (Fsp3) is 0.455. The Bertz CT molecular complexity index is 301. The Morgan fingerprint density at radius 1 is 1.43 bits per heavy atom. The first-order chi connectivity index (χ1) is 6.63. The van der Waals surface area contributed by atoms with Gasteiger partial charge >= 0.3 is 0 Å². The highest BCUT2D eigenvalue weighted by atomic mass is 79.9. The van der Waals surface area contributed by atoms with Crippen LogP contribution < -0.4 is 0 Å². The Labute approximate surface area is 99.1 Å². The van der Waals surface area contributed by atoms with Crippen LogP contribution >= 0.6 is 27.9 Å². The summed E-state index contributed by atoms with van der Waals surface area (Å²) < 4.78 is 3.45. The molecule has 0 N–H and O–H groups in total. The Morgan fingerprint density at radius 2 is 2.14 bits per heavy atom. The third-order valence-corrected chi connectivity index (χ3v) is 3.76. The van der Waals surface area contributed by atoms with E-state index in [1.807, 2.05) is 0 Å². The summed E-state index contributed by atoms with van der Waals surface area (Å²) >= 11 is 5.34. The van der Waals surface area contributed by atoms with Gasteiger partial charge in [0.25, 0.3) is 0 Å². The lowest BCUT2D eigenvalue weighted by atomic mass is 10.2. The van der Waals surface area contributed by atoms with Crippen molar-refractivity contribution in [3.05, 3.63) is 28.2 Å². The summed E-state index contributed by atoms with van der Waals surface area (Å²) in [4.78, 5) is 1.29. The number of rotatable bonds is 4. The molecule has 78 valence electrons. The maximum absolute atomic E-state index is 3.54. The zero-order chi connectivity index (χ0) is 10.6. The topological polar surface area (TPSA) is 3.24 Å². The first-order valence-electron chi connectivity index (χ1n) is 4.78. The SMILES string of the molecule is CCCN(C)Sc1ccc(C)c(Br)c1. The van der Waals surface area contributed by atoms with Gasteiger partial charge < -0.3 is 0 Å². The van der Waals surface area contributed by atoms with E-state index in [0.717, 1.165) is 6.54 Å². The molecule has 0 aliphatic carbocycles. The average Bonchev–Trinajstić information content (AvgIpc) is 2.12. The Morgan fingerprint density at radius 3 is 2.71 bits per heavy atom. The van der Waals surface area contributed by atoms with E-state index in [4.69, 9.17) is 0 Å². The molecule has 0 radical (unpaired) electrons. The maximum Gasteiger partial charge on any atom is 0.0241 e. The number of nitrogens with zero attached hydrogens (tertiary/aromatic N) is 1. The van der Waals surface area contributed by atoms with E-state index in [1.54, 1.807) is 11.9 Å². The van der Waals surface area contributed by atoms with E-state index in [2.05, 4.69) is 59.3 Å². The highest BCUT2D eigenvalue weighted by Gasteiger charge is 2.01. The molecule has 0 fully saturated rings. The van der Waals surface area contributed by atoms with Gasteiger partial charge in [-0.25, -0.2) is 4.31 Å². The molecule has 1 rings (SSSR count). The summed E-state index contributed by atoms with van der Waals surface area (Å²) in [6.07, 6.45) is 1.19. The summed E-state index contributed by atoms with van der Waals surface area (Å²) in [6, 6.07) is 6.48. The van der Waals surface area contributed by atoms with Gasteiger partial charge in [0.2, 0.25) is 0 Å². The van der Waals surface area contributed by atoms with Gasteiger partial charge in [0.05, 0.1) is 0 Å². The summed E-state index contributed by atoms with van der Waals surface area (Å²) in [5.74, 6) is 0. The normalized spacial score (nSPS) is 10.9. The molecular formula is C11H16BrNS. The molecule has 0 saturated carbocycles. The van der Waals surface area contributed by atoms with Crippen LogP contribution in [0.3, 0.4) is 0 Å². The Kier molecular flexibility index (Phi) is 4.99. The van der Waals surface area contributed by atoms with E-state index in [-0.39, 0.29) is 0 Å². The van der Waals surface area contributed by atoms with Crippen molar-refractivity contribution in [1.29, 1.82) is 0 Å². The van der Waals surface area contributed by atoms with Crippen molar-refractivity contribution in [2.45, 2.75) is 25.2 Å². The van der Waals surface area contributed by atoms with Gasteiger partial charge in [-0.15, -0.1) is 0 Å². The molecule has 1 aromatic rings. The molecule has 0 amide bonds. The van der Waals surface area contributed by atoms with Crippen molar-refractivity contribution < 1.29 is 0 Å². The molecule has 0 atom stereocenters. The highest BCUT2D eigenvalue weighted by molar-refractivity contribution is 9.10. The smallest absolute Gasteiger partial charge is 0.0241 e. The van der Waals surface area contributed by atoms with Crippen LogP contribution in [0.15, 0.2) is 27.6 Å². The quantitative estimate of drug-likeness (QED) is 0.760. The number of benzene rings is 1. The lowest BCUT2D eigenvalue weighted by Crippen LogP contribution is -2.09. The van der Waals surface area contributed by atoms with Gasteiger partial charge in [0.15, 0.2) is 0 Å². The highest BCUT2D eigenvalue weighted by Crippen LogP contribution is 2.26. The van der Waals surface area contributed by atoms with Crippen molar-refractivity contribution in [1.82, 2.24) is 4.31 Å². The second-order valence-corrected chi connectivity index (χ2v) is 5.49. The lowest BCUT2D eigenvalue weighted by Gasteiger charge is -2.14. The molecule has 1 nitrogen and oxygen atoms in total.